The fourth-order valence-corrected chi connectivity index (χ4v) is 2.78. The topological polar surface area (TPSA) is 64.4 Å². The van der Waals surface area contributed by atoms with Crippen molar-refractivity contribution in [2.24, 2.45) is 5.41 Å². The third kappa shape index (κ3) is 2.90. The molecule has 1 aliphatic rings. The van der Waals surface area contributed by atoms with Gasteiger partial charge in [-0.05, 0) is 42.9 Å². The minimum Gasteiger partial charge on any atom is -0.497 e. The lowest BCUT2D eigenvalue weighted by Crippen LogP contribution is -2.41. The number of amides is 1. The normalized spacial score (nSPS) is 14.5. The zero-order valence-corrected chi connectivity index (χ0v) is 14.9. The van der Waals surface area contributed by atoms with Crippen LogP contribution in [-0.4, -0.2) is 24.2 Å². The maximum atomic E-state index is 12.6. The molecule has 1 N–H and O–H groups in total. The number of aromatic nitrogens is 1. The first kappa shape index (κ1) is 16.6. The average molecular weight is 328 g/mol. The number of carbonyl (C=O) groups excluding carboxylic acids is 1. The molecule has 0 saturated carbocycles. The van der Waals surface area contributed by atoms with E-state index in [9.17, 15) is 4.79 Å². The van der Waals surface area contributed by atoms with Crippen molar-refractivity contribution in [3.8, 4) is 17.1 Å². The second-order valence-corrected chi connectivity index (χ2v) is 7.42. The third-order valence-corrected chi connectivity index (χ3v) is 4.86. The molecule has 5 heteroatoms. The quantitative estimate of drug-likeness (QED) is 0.935. The van der Waals surface area contributed by atoms with E-state index in [2.05, 4.69) is 31.2 Å². The molecule has 1 aliphatic carbocycles. The van der Waals surface area contributed by atoms with E-state index < -0.39 is 0 Å². The highest BCUT2D eigenvalue weighted by Crippen LogP contribution is 2.37. The number of benzene rings is 1. The van der Waals surface area contributed by atoms with Gasteiger partial charge in [-0.15, -0.1) is 0 Å². The fourth-order valence-electron chi connectivity index (χ4n) is 2.78. The maximum Gasteiger partial charge on any atom is 0.274 e. The van der Waals surface area contributed by atoms with Crippen LogP contribution >= 0.6 is 0 Å². The highest BCUT2D eigenvalue weighted by atomic mass is 16.5. The summed E-state index contributed by atoms with van der Waals surface area (Å²) in [5, 5.41) is 7.09. The first-order chi connectivity index (χ1) is 11.3. The van der Waals surface area contributed by atoms with Crippen molar-refractivity contribution >= 4 is 5.91 Å². The van der Waals surface area contributed by atoms with Crippen molar-refractivity contribution in [2.45, 2.75) is 46.6 Å². The summed E-state index contributed by atoms with van der Waals surface area (Å²) < 4.78 is 10.8. The molecule has 1 atom stereocenters. The Hall–Kier alpha value is -2.30. The van der Waals surface area contributed by atoms with Crippen molar-refractivity contribution in [1.29, 1.82) is 0 Å². The molecule has 0 spiro atoms. The van der Waals surface area contributed by atoms with Crippen LogP contribution < -0.4 is 10.1 Å². The molecule has 0 fully saturated rings. The van der Waals surface area contributed by atoms with Crippen molar-refractivity contribution in [3.05, 3.63) is 35.0 Å². The lowest BCUT2D eigenvalue weighted by molar-refractivity contribution is 0.0900. The summed E-state index contributed by atoms with van der Waals surface area (Å²) in [5.74, 6) is 1.28. The minimum absolute atomic E-state index is 0.0145. The van der Waals surface area contributed by atoms with Gasteiger partial charge in [-0.25, -0.2) is 0 Å². The molecule has 1 unspecified atom stereocenters. The Morgan fingerprint density at radius 2 is 2.08 bits per heavy atom. The zero-order chi connectivity index (χ0) is 17.5. The first-order valence-electron chi connectivity index (χ1n) is 8.28. The van der Waals surface area contributed by atoms with Crippen LogP contribution in [0.15, 0.2) is 22.7 Å². The largest absolute Gasteiger partial charge is 0.497 e. The summed E-state index contributed by atoms with van der Waals surface area (Å²) in [6, 6.07) is 5.96. The van der Waals surface area contributed by atoms with Gasteiger partial charge in [0.15, 0.2) is 11.5 Å². The molecule has 2 aromatic rings. The summed E-state index contributed by atoms with van der Waals surface area (Å²) in [5.41, 5.74) is 3.42. The molecule has 0 bridgehead atoms. The Morgan fingerprint density at radius 1 is 1.33 bits per heavy atom. The molecule has 1 aromatic carbocycles. The predicted octanol–water partition coefficient (Wildman–Crippen LogP) is 3.61. The maximum absolute atomic E-state index is 12.6. The van der Waals surface area contributed by atoms with Gasteiger partial charge in [0.05, 0.1) is 7.11 Å². The van der Waals surface area contributed by atoms with E-state index in [4.69, 9.17) is 9.26 Å². The van der Waals surface area contributed by atoms with Crippen molar-refractivity contribution in [2.75, 3.05) is 7.11 Å². The van der Waals surface area contributed by atoms with E-state index in [1.54, 1.807) is 7.11 Å². The Bertz CT molecular complexity index is 771. The van der Waals surface area contributed by atoms with Gasteiger partial charge in [0.1, 0.15) is 5.75 Å². The van der Waals surface area contributed by atoms with E-state index >= 15 is 0 Å². The second-order valence-electron chi connectivity index (χ2n) is 7.42. The fraction of sp³-hybridized carbons (Fsp3) is 0.474. The Morgan fingerprint density at radius 3 is 2.75 bits per heavy atom. The SMILES string of the molecule is COc1ccc2c(c1)-c1onc(C(=O)NC(C)C(C)(C)C)c1CC2. The summed E-state index contributed by atoms with van der Waals surface area (Å²) in [4.78, 5) is 12.6. The first-order valence-corrected chi connectivity index (χ1v) is 8.28. The molecule has 128 valence electrons. The van der Waals surface area contributed by atoms with Crippen LogP contribution in [0.3, 0.4) is 0 Å². The monoisotopic (exact) mass is 328 g/mol. The van der Waals surface area contributed by atoms with Crippen LogP contribution in [0.5, 0.6) is 5.75 Å². The van der Waals surface area contributed by atoms with Crippen LogP contribution in [0.1, 0.15) is 49.3 Å². The standard InChI is InChI=1S/C19H24N2O3/c1-11(19(2,3)4)20-18(22)16-14-9-7-12-6-8-13(23-5)10-15(12)17(14)24-21-16/h6,8,10-11H,7,9H2,1-5H3,(H,20,22). The summed E-state index contributed by atoms with van der Waals surface area (Å²) >= 11 is 0. The highest BCUT2D eigenvalue weighted by molar-refractivity contribution is 5.95. The van der Waals surface area contributed by atoms with Crippen LogP contribution in [-0.2, 0) is 12.8 Å². The Kier molecular flexibility index (Phi) is 4.11. The molecule has 0 saturated heterocycles. The smallest absolute Gasteiger partial charge is 0.274 e. The van der Waals surface area contributed by atoms with Crippen molar-refractivity contribution < 1.29 is 14.1 Å². The van der Waals surface area contributed by atoms with E-state index in [0.29, 0.717) is 11.5 Å². The van der Waals surface area contributed by atoms with E-state index in [1.165, 1.54) is 5.56 Å². The van der Waals surface area contributed by atoms with Gasteiger partial charge >= 0.3 is 0 Å². The van der Waals surface area contributed by atoms with Crippen LogP contribution in [0.4, 0.5) is 0 Å². The number of ether oxygens (including phenoxy) is 1. The van der Waals surface area contributed by atoms with E-state index in [1.807, 2.05) is 25.1 Å². The number of nitrogens with zero attached hydrogens (tertiary/aromatic N) is 1. The average Bonchev–Trinajstić information content (AvgIpc) is 2.97. The van der Waals surface area contributed by atoms with Gasteiger partial charge in [-0.1, -0.05) is 32.0 Å². The molecule has 0 aliphatic heterocycles. The van der Waals surface area contributed by atoms with Gasteiger partial charge in [0, 0.05) is 17.2 Å². The number of aryl methyl sites for hydroxylation is 1. The number of fused-ring (bicyclic) bond motifs is 3. The van der Waals surface area contributed by atoms with Crippen molar-refractivity contribution in [1.82, 2.24) is 10.5 Å². The van der Waals surface area contributed by atoms with E-state index in [0.717, 1.165) is 29.7 Å². The lowest BCUT2D eigenvalue weighted by atomic mass is 9.87. The third-order valence-electron chi connectivity index (χ3n) is 4.86. The molecule has 3 rings (SSSR count). The number of rotatable bonds is 3. The molecule has 1 amide bonds. The molecular formula is C19H24N2O3. The van der Waals surface area contributed by atoms with Crippen LogP contribution in [0, 0.1) is 5.41 Å². The Labute approximate surface area is 142 Å². The molecule has 1 aromatic heterocycles. The van der Waals surface area contributed by atoms with Gasteiger partial charge in [-0.2, -0.15) is 0 Å². The van der Waals surface area contributed by atoms with Crippen LogP contribution in [0.25, 0.3) is 11.3 Å². The van der Waals surface area contributed by atoms with E-state index in [-0.39, 0.29) is 17.4 Å². The number of methoxy groups -OCH3 is 1. The lowest BCUT2D eigenvalue weighted by Gasteiger charge is -2.27. The number of hydrogen-bond acceptors (Lipinski definition) is 4. The molecular weight excluding hydrogens is 304 g/mol. The zero-order valence-electron chi connectivity index (χ0n) is 14.9. The van der Waals surface area contributed by atoms with Crippen molar-refractivity contribution in [3.63, 3.8) is 0 Å². The number of nitrogens with one attached hydrogen (secondary N) is 1. The van der Waals surface area contributed by atoms with Crippen LogP contribution in [0.2, 0.25) is 0 Å². The minimum atomic E-state index is -0.172. The second kappa shape index (κ2) is 5.96. The van der Waals surface area contributed by atoms with Gasteiger partial charge in [-0.3, -0.25) is 4.79 Å². The summed E-state index contributed by atoms with van der Waals surface area (Å²) in [7, 11) is 1.64. The Balaban J connectivity index is 1.92. The molecule has 0 radical (unpaired) electrons. The number of carbonyl (C=O) groups is 1. The van der Waals surface area contributed by atoms with Gasteiger partial charge < -0.3 is 14.6 Å². The highest BCUT2D eigenvalue weighted by Gasteiger charge is 2.30. The molecule has 5 nitrogen and oxygen atoms in total. The van der Waals surface area contributed by atoms with Gasteiger partial charge in [0.25, 0.3) is 5.91 Å². The molecule has 24 heavy (non-hydrogen) atoms. The predicted molar refractivity (Wildman–Crippen MR) is 92.3 cm³/mol. The summed E-state index contributed by atoms with van der Waals surface area (Å²) in [6.45, 7) is 8.29. The summed E-state index contributed by atoms with van der Waals surface area (Å²) in [6.07, 6.45) is 1.62. The molecule has 1 heterocycles. The van der Waals surface area contributed by atoms with Gasteiger partial charge in [0.2, 0.25) is 0 Å². The number of hydrogen-bond donors (Lipinski definition) is 1.